The lowest BCUT2D eigenvalue weighted by atomic mass is 10.0. The second kappa shape index (κ2) is 13.6. The van der Waals surface area contributed by atoms with Crippen LogP contribution in [-0.2, 0) is 0 Å². The molecule has 2 heterocycles. The molecule has 55 heavy (non-hydrogen) atoms. The van der Waals surface area contributed by atoms with Crippen molar-refractivity contribution in [2.24, 2.45) is 0 Å². The van der Waals surface area contributed by atoms with E-state index in [-0.39, 0.29) is 0 Å². The van der Waals surface area contributed by atoms with E-state index in [4.69, 9.17) is 0 Å². The summed E-state index contributed by atoms with van der Waals surface area (Å²) in [4.78, 5) is 2.35. The molecule has 0 N–H and O–H groups in total. The summed E-state index contributed by atoms with van der Waals surface area (Å²) in [5.41, 5.74) is 15.6. The smallest absolute Gasteiger partial charge is 0.0534 e. The number of benzene rings is 8. The van der Waals surface area contributed by atoms with Gasteiger partial charge in [-0.15, -0.1) is 11.3 Å². The first-order valence-corrected chi connectivity index (χ1v) is 19.7. The van der Waals surface area contributed by atoms with E-state index in [0.29, 0.717) is 0 Å². The van der Waals surface area contributed by atoms with Gasteiger partial charge in [-0.25, -0.2) is 0 Å². The summed E-state index contributed by atoms with van der Waals surface area (Å²) in [6.07, 6.45) is 0. The topological polar surface area (TPSA) is 8.17 Å². The van der Waals surface area contributed by atoms with Gasteiger partial charge in [0.15, 0.2) is 0 Å². The molecule has 262 valence electrons. The highest BCUT2D eigenvalue weighted by Crippen LogP contribution is 2.40. The van der Waals surface area contributed by atoms with Gasteiger partial charge in [0.2, 0.25) is 0 Å². The molecule has 0 aliphatic carbocycles. The van der Waals surface area contributed by atoms with Crippen molar-refractivity contribution in [1.29, 1.82) is 0 Å². The molecule has 2 aromatic heterocycles. The molecular formula is C52H38N2S. The zero-order valence-electron chi connectivity index (χ0n) is 30.8. The second-order valence-electron chi connectivity index (χ2n) is 14.3. The molecule has 10 aromatic rings. The number of anilines is 3. The quantitative estimate of drug-likeness (QED) is 0.159. The van der Waals surface area contributed by atoms with Gasteiger partial charge in [0.25, 0.3) is 0 Å². The minimum Gasteiger partial charge on any atom is -0.314 e. The van der Waals surface area contributed by atoms with E-state index in [2.05, 4.69) is 217 Å². The number of hydrogen-bond donors (Lipinski definition) is 0. The van der Waals surface area contributed by atoms with Crippen LogP contribution in [0.25, 0.3) is 70.1 Å². The molecule has 0 spiro atoms. The molecular weight excluding hydrogens is 685 g/mol. The summed E-state index contributed by atoms with van der Waals surface area (Å²) in [6.45, 7) is 4.42. The molecule has 0 aliphatic heterocycles. The van der Waals surface area contributed by atoms with Gasteiger partial charge in [0.1, 0.15) is 0 Å². The molecule has 0 aliphatic rings. The number of nitrogens with zero attached hydrogens (tertiary/aromatic N) is 2. The van der Waals surface area contributed by atoms with Gasteiger partial charge >= 0.3 is 0 Å². The van der Waals surface area contributed by atoms with Crippen molar-refractivity contribution < 1.29 is 0 Å². The Bertz CT molecular complexity index is 2950. The normalized spacial score (nSPS) is 11.5. The van der Waals surface area contributed by atoms with Crippen molar-refractivity contribution in [1.82, 2.24) is 4.57 Å². The third-order valence-electron chi connectivity index (χ3n) is 11.1. The molecule has 0 saturated heterocycles. The number of para-hydroxylation sites is 1. The van der Waals surface area contributed by atoms with E-state index < -0.39 is 0 Å². The number of aryl methyl sites for hydroxylation is 1. The van der Waals surface area contributed by atoms with E-state index in [0.717, 1.165) is 17.1 Å². The van der Waals surface area contributed by atoms with Crippen LogP contribution in [0.15, 0.2) is 194 Å². The van der Waals surface area contributed by atoms with Crippen LogP contribution >= 0.6 is 11.3 Å². The van der Waals surface area contributed by atoms with Crippen molar-refractivity contribution in [3.05, 3.63) is 205 Å². The van der Waals surface area contributed by atoms with E-state index in [1.807, 2.05) is 11.3 Å². The fourth-order valence-electron chi connectivity index (χ4n) is 8.06. The van der Waals surface area contributed by atoms with Crippen LogP contribution < -0.4 is 4.90 Å². The van der Waals surface area contributed by atoms with E-state index in [1.54, 1.807) is 0 Å². The molecule has 0 bridgehead atoms. The van der Waals surface area contributed by atoms with Crippen LogP contribution in [0.4, 0.5) is 17.1 Å². The fraction of sp³-hybridized carbons (Fsp3) is 0.0385. The summed E-state index contributed by atoms with van der Waals surface area (Å²) in [6, 6.07) is 70.6. The number of hydrogen-bond acceptors (Lipinski definition) is 2. The summed E-state index contributed by atoms with van der Waals surface area (Å²) >= 11 is 1.86. The first-order valence-electron chi connectivity index (χ1n) is 18.8. The number of rotatable bonds is 7. The standard InChI is InChI=1S/C52H38N2S/c1-35-36(2)53(50-14-8-6-12-47(35)50)43-25-16-39(17-26-43)40-20-29-45(30-21-40)54(44-27-18-38(19-28-44)37-10-4-3-5-11-37)46-31-22-41(23-32-46)42-24-33-49-48-13-7-9-15-51(48)55-52(49)34-42/h3-34H,1-2H3. The van der Waals surface area contributed by atoms with E-state index >= 15 is 0 Å². The van der Waals surface area contributed by atoms with Crippen LogP contribution in [0, 0.1) is 13.8 Å². The van der Waals surface area contributed by atoms with Gasteiger partial charge < -0.3 is 9.47 Å². The Kier molecular flexibility index (Phi) is 8.16. The molecule has 10 rings (SSSR count). The van der Waals surface area contributed by atoms with Gasteiger partial charge in [-0.3, -0.25) is 0 Å². The SMILES string of the molecule is Cc1c(C)n(-c2ccc(-c3ccc(N(c4ccc(-c5ccccc5)cc4)c4ccc(-c5ccc6c(c5)sc5ccccc56)cc4)cc3)cc2)c2ccccc12. The molecule has 2 nitrogen and oxygen atoms in total. The first kappa shape index (κ1) is 32.9. The molecule has 3 heteroatoms. The maximum absolute atomic E-state index is 2.37. The maximum atomic E-state index is 2.37. The molecule has 0 unspecified atom stereocenters. The molecule has 0 fully saturated rings. The van der Waals surface area contributed by atoms with Crippen molar-refractivity contribution in [3.8, 4) is 39.1 Å². The Labute approximate surface area is 325 Å². The molecule has 0 amide bonds. The van der Waals surface area contributed by atoms with Crippen LogP contribution in [0.2, 0.25) is 0 Å². The van der Waals surface area contributed by atoms with E-state index in [9.17, 15) is 0 Å². The Morgan fingerprint density at radius 1 is 0.382 bits per heavy atom. The second-order valence-corrected chi connectivity index (χ2v) is 15.3. The summed E-state index contributed by atoms with van der Waals surface area (Å²) < 4.78 is 5.02. The molecule has 0 atom stereocenters. The summed E-state index contributed by atoms with van der Waals surface area (Å²) in [7, 11) is 0. The number of aromatic nitrogens is 1. The Morgan fingerprint density at radius 2 is 0.836 bits per heavy atom. The zero-order valence-corrected chi connectivity index (χ0v) is 31.6. The monoisotopic (exact) mass is 722 g/mol. The highest BCUT2D eigenvalue weighted by molar-refractivity contribution is 7.25. The van der Waals surface area contributed by atoms with Crippen LogP contribution in [0.5, 0.6) is 0 Å². The zero-order chi connectivity index (χ0) is 36.9. The maximum Gasteiger partial charge on any atom is 0.0534 e. The van der Waals surface area contributed by atoms with Gasteiger partial charge in [0, 0.05) is 54.0 Å². The van der Waals surface area contributed by atoms with Gasteiger partial charge in [0.05, 0.1) is 5.52 Å². The molecule has 0 saturated carbocycles. The van der Waals surface area contributed by atoms with Gasteiger partial charge in [-0.1, -0.05) is 127 Å². The van der Waals surface area contributed by atoms with Crippen molar-refractivity contribution in [3.63, 3.8) is 0 Å². The molecule has 8 aromatic carbocycles. The number of thiophene rings is 1. The lowest BCUT2D eigenvalue weighted by Crippen LogP contribution is -2.09. The van der Waals surface area contributed by atoms with E-state index in [1.165, 1.54) is 81.4 Å². The Hall–Kier alpha value is -6.68. The third-order valence-corrected chi connectivity index (χ3v) is 12.2. The molecule has 0 radical (unpaired) electrons. The summed E-state index contributed by atoms with van der Waals surface area (Å²) in [5, 5.41) is 3.96. The van der Waals surface area contributed by atoms with Gasteiger partial charge in [-0.05, 0) is 120 Å². The average molecular weight is 723 g/mol. The van der Waals surface area contributed by atoms with Gasteiger partial charge in [-0.2, -0.15) is 0 Å². The van der Waals surface area contributed by atoms with Crippen molar-refractivity contribution in [2.75, 3.05) is 4.90 Å². The Balaban J connectivity index is 0.983. The highest BCUT2D eigenvalue weighted by Gasteiger charge is 2.16. The predicted molar refractivity (Wildman–Crippen MR) is 237 cm³/mol. The van der Waals surface area contributed by atoms with Crippen LogP contribution in [0.3, 0.4) is 0 Å². The summed E-state index contributed by atoms with van der Waals surface area (Å²) in [5.74, 6) is 0. The lowest BCUT2D eigenvalue weighted by Gasteiger charge is -2.26. The van der Waals surface area contributed by atoms with Crippen molar-refractivity contribution >= 4 is 59.5 Å². The average Bonchev–Trinajstić information content (AvgIpc) is 3.75. The predicted octanol–water partition coefficient (Wildman–Crippen LogP) is 15.1. The third kappa shape index (κ3) is 5.90. The highest BCUT2D eigenvalue weighted by atomic mass is 32.1. The number of fused-ring (bicyclic) bond motifs is 4. The van der Waals surface area contributed by atoms with Crippen LogP contribution in [0.1, 0.15) is 11.3 Å². The lowest BCUT2D eigenvalue weighted by molar-refractivity contribution is 1.04. The first-order chi connectivity index (χ1) is 27.1. The van der Waals surface area contributed by atoms with Crippen LogP contribution in [-0.4, -0.2) is 4.57 Å². The minimum absolute atomic E-state index is 1.11. The minimum atomic E-state index is 1.11. The van der Waals surface area contributed by atoms with Crippen molar-refractivity contribution in [2.45, 2.75) is 13.8 Å². The Morgan fingerprint density at radius 3 is 1.45 bits per heavy atom. The fourth-order valence-corrected chi connectivity index (χ4v) is 9.20. The largest absolute Gasteiger partial charge is 0.314 e.